The van der Waals surface area contributed by atoms with Gasteiger partial charge in [0.2, 0.25) is 0 Å². The Morgan fingerprint density at radius 3 is 2.59 bits per heavy atom. The van der Waals surface area contributed by atoms with Crippen molar-refractivity contribution in [2.45, 2.75) is 0 Å². The molecule has 1 saturated heterocycles. The SMILES string of the molecule is CN1CCN(C(=O)c2cccc(-c3cnc4cnc(-c5ccc6c(ccn6C)c5)cn34)c2)CC1. The summed E-state index contributed by atoms with van der Waals surface area (Å²) in [5, 5.41) is 1.18. The lowest BCUT2D eigenvalue weighted by atomic mass is 10.1. The zero-order valence-electron chi connectivity index (χ0n) is 19.3. The number of aromatic nitrogens is 4. The van der Waals surface area contributed by atoms with Gasteiger partial charge in [-0.1, -0.05) is 18.2 Å². The molecular formula is C27H26N6O. The van der Waals surface area contributed by atoms with Crippen LogP contribution in [0.3, 0.4) is 0 Å². The van der Waals surface area contributed by atoms with E-state index in [-0.39, 0.29) is 5.91 Å². The van der Waals surface area contributed by atoms with Crippen molar-refractivity contribution >= 4 is 22.5 Å². The van der Waals surface area contributed by atoms with Crippen LogP contribution in [0.25, 0.3) is 39.1 Å². The highest BCUT2D eigenvalue weighted by Gasteiger charge is 2.21. The zero-order chi connectivity index (χ0) is 23.2. The summed E-state index contributed by atoms with van der Waals surface area (Å²) >= 11 is 0. The van der Waals surface area contributed by atoms with Crippen LogP contribution in [-0.2, 0) is 7.05 Å². The van der Waals surface area contributed by atoms with E-state index in [1.165, 1.54) is 10.9 Å². The molecule has 5 aromatic rings. The molecule has 0 unspecified atom stereocenters. The fourth-order valence-corrected chi connectivity index (χ4v) is 4.70. The van der Waals surface area contributed by atoms with Gasteiger partial charge in [0.15, 0.2) is 5.65 Å². The van der Waals surface area contributed by atoms with Gasteiger partial charge in [-0.15, -0.1) is 0 Å². The first-order valence-electron chi connectivity index (χ1n) is 11.5. The highest BCUT2D eigenvalue weighted by molar-refractivity contribution is 5.95. The standard InChI is InChI=1S/C27H26N6O/c1-30-10-12-32(13-11-30)27(34)22-5-3-4-20(15-22)25-16-29-26-17-28-23(18-33(25)26)19-6-7-24-21(14-19)8-9-31(24)2/h3-9,14-18H,10-13H2,1-2H3. The van der Waals surface area contributed by atoms with Crippen molar-refractivity contribution < 1.29 is 4.79 Å². The minimum Gasteiger partial charge on any atom is -0.351 e. The Morgan fingerprint density at radius 1 is 0.882 bits per heavy atom. The second kappa shape index (κ2) is 8.11. The molecule has 0 bridgehead atoms. The van der Waals surface area contributed by atoms with E-state index in [1.54, 1.807) is 6.20 Å². The number of likely N-dealkylation sites (N-methyl/N-ethyl adjacent to an activating group) is 1. The molecule has 6 rings (SSSR count). The highest BCUT2D eigenvalue weighted by Crippen LogP contribution is 2.27. The lowest BCUT2D eigenvalue weighted by Gasteiger charge is -2.32. The van der Waals surface area contributed by atoms with E-state index in [9.17, 15) is 4.79 Å². The highest BCUT2D eigenvalue weighted by atomic mass is 16.2. The predicted octanol–water partition coefficient (Wildman–Crippen LogP) is 3.94. The smallest absolute Gasteiger partial charge is 0.253 e. The lowest BCUT2D eigenvalue weighted by molar-refractivity contribution is 0.0664. The molecule has 1 fully saturated rings. The van der Waals surface area contributed by atoms with E-state index in [4.69, 9.17) is 0 Å². The first-order valence-corrected chi connectivity index (χ1v) is 11.5. The van der Waals surface area contributed by atoms with Crippen LogP contribution >= 0.6 is 0 Å². The largest absolute Gasteiger partial charge is 0.351 e. The van der Waals surface area contributed by atoms with Gasteiger partial charge in [0.1, 0.15) is 0 Å². The van der Waals surface area contributed by atoms with Gasteiger partial charge >= 0.3 is 0 Å². The molecule has 34 heavy (non-hydrogen) atoms. The molecule has 0 saturated carbocycles. The van der Waals surface area contributed by atoms with Gasteiger partial charge in [-0.3, -0.25) is 14.2 Å². The number of carbonyl (C=O) groups excluding carboxylic acids is 1. The maximum Gasteiger partial charge on any atom is 0.253 e. The number of hydrogen-bond acceptors (Lipinski definition) is 4. The minimum absolute atomic E-state index is 0.0855. The van der Waals surface area contributed by atoms with E-state index < -0.39 is 0 Å². The number of aryl methyl sites for hydroxylation is 1. The van der Waals surface area contributed by atoms with E-state index in [0.29, 0.717) is 5.56 Å². The Hall–Kier alpha value is -3.97. The Kier molecular flexibility index (Phi) is 4.92. The number of fused-ring (bicyclic) bond motifs is 2. The van der Waals surface area contributed by atoms with Crippen molar-refractivity contribution in [2.75, 3.05) is 33.2 Å². The summed E-state index contributed by atoms with van der Waals surface area (Å²) in [6.45, 7) is 3.33. The lowest BCUT2D eigenvalue weighted by Crippen LogP contribution is -2.47. The number of nitrogens with zero attached hydrogens (tertiary/aromatic N) is 6. The van der Waals surface area contributed by atoms with E-state index >= 15 is 0 Å². The maximum absolute atomic E-state index is 13.1. The molecule has 0 spiro atoms. The van der Waals surface area contributed by atoms with Crippen LogP contribution in [0.4, 0.5) is 0 Å². The third-order valence-electron chi connectivity index (χ3n) is 6.77. The number of carbonyl (C=O) groups is 1. The van der Waals surface area contributed by atoms with E-state index in [2.05, 4.69) is 61.3 Å². The monoisotopic (exact) mass is 450 g/mol. The summed E-state index contributed by atoms with van der Waals surface area (Å²) < 4.78 is 4.16. The summed E-state index contributed by atoms with van der Waals surface area (Å²) in [6, 6.07) is 16.3. The number of piperazine rings is 1. The van der Waals surface area contributed by atoms with Gasteiger partial charge in [0.25, 0.3) is 5.91 Å². The van der Waals surface area contributed by atoms with Crippen molar-refractivity contribution in [1.82, 2.24) is 28.7 Å². The number of benzene rings is 2. The molecule has 3 aromatic heterocycles. The van der Waals surface area contributed by atoms with Gasteiger partial charge in [-0.05, 0) is 37.4 Å². The molecule has 1 aliphatic heterocycles. The number of imidazole rings is 1. The molecule has 1 aliphatic rings. The molecule has 0 N–H and O–H groups in total. The second-order valence-corrected chi connectivity index (χ2v) is 9.02. The molecule has 0 atom stereocenters. The van der Waals surface area contributed by atoms with Gasteiger partial charge in [0, 0.05) is 73.2 Å². The van der Waals surface area contributed by atoms with Crippen LogP contribution < -0.4 is 0 Å². The number of hydrogen-bond donors (Lipinski definition) is 0. The van der Waals surface area contributed by atoms with Crippen LogP contribution in [-0.4, -0.2) is 67.9 Å². The average Bonchev–Trinajstić information content (AvgIpc) is 3.47. The molecule has 7 heteroatoms. The molecule has 0 radical (unpaired) electrons. The van der Waals surface area contributed by atoms with Crippen molar-refractivity contribution in [3.05, 3.63) is 78.9 Å². The molecule has 0 aliphatic carbocycles. The maximum atomic E-state index is 13.1. The number of rotatable bonds is 3. The third-order valence-corrected chi connectivity index (χ3v) is 6.77. The van der Waals surface area contributed by atoms with Crippen LogP contribution in [0.2, 0.25) is 0 Å². The zero-order valence-corrected chi connectivity index (χ0v) is 19.3. The third kappa shape index (κ3) is 3.54. The summed E-state index contributed by atoms with van der Waals surface area (Å²) in [4.78, 5) is 26.5. The molecule has 2 aromatic carbocycles. The second-order valence-electron chi connectivity index (χ2n) is 9.02. The topological polar surface area (TPSA) is 58.7 Å². The summed E-state index contributed by atoms with van der Waals surface area (Å²) in [5.74, 6) is 0.0855. The van der Waals surface area contributed by atoms with Gasteiger partial charge < -0.3 is 14.4 Å². The average molecular weight is 451 g/mol. The van der Waals surface area contributed by atoms with Crippen molar-refractivity contribution in [3.63, 3.8) is 0 Å². The first kappa shape index (κ1) is 20.6. The van der Waals surface area contributed by atoms with Crippen LogP contribution in [0, 0.1) is 0 Å². The van der Waals surface area contributed by atoms with Gasteiger partial charge in [-0.2, -0.15) is 0 Å². The molecule has 4 heterocycles. The van der Waals surface area contributed by atoms with E-state index in [0.717, 1.165) is 54.3 Å². The first-order chi connectivity index (χ1) is 16.6. The summed E-state index contributed by atoms with van der Waals surface area (Å²) in [6.07, 6.45) is 7.74. The van der Waals surface area contributed by atoms with Crippen LogP contribution in [0.5, 0.6) is 0 Å². The van der Waals surface area contributed by atoms with E-state index in [1.807, 2.05) is 48.6 Å². The molecule has 170 valence electrons. The summed E-state index contributed by atoms with van der Waals surface area (Å²) in [5.41, 5.74) is 6.50. The normalized spacial score (nSPS) is 14.8. The van der Waals surface area contributed by atoms with Gasteiger partial charge in [0.05, 0.1) is 23.8 Å². The Bertz CT molecular complexity index is 1520. The Labute approximate surface area is 197 Å². The molecular weight excluding hydrogens is 424 g/mol. The van der Waals surface area contributed by atoms with Gasteiger partial charge in [-0.25, -0.2) is 4.98 Å². The van der Waals surface area contributed by atoms with Crippen LogP contribution in [0.15, 0.2) is 73.3 Å². The van der Waals surface area contributed by atoms with Crippen molar-refractivity contribution in [3.8, 4) is 22.5 Å². The quantitative estimate of drug-likeness (QED) is 0.418. The molecule has 7 nitrogen and oxygen atoms in total. The summed E-state index contributed by atoms with van der Waals surface area (Å²) in [7, 11) is 4.14. The fourth-order valence-electron chi connectivity index (χ4n) is 4.70. The Morgan fingerprint density at radius 2 is 1.74 bits per heavy atom. The number of amides is 1. The van der Waals surface area contributed by atoms with Crippen molar-refractivity contribution in [2.24, 2.45) is 7.05 Å². The minimum atomic E-state index is 0.0855. The fraction of sp³-hybridized carbons (Fsp3) is 0.222. The van der Waals surface area contributed by atoms with Crippen molar-refractivity contribution in [1.29, 1.82) is 0 Å². The van der Waals surface area contributed by atoms with Crippen LogP contribution in [0.1, 0.15) is 10.4 Å². The predicted molar refractivity (Wildman–Crippen MR) is 134 cm³/mol. The molecule has 1 amide bonds. The Balaban J connectivity index is 1.36.